The standard InChI is InChI=1S/C18H20N2OS/c1-2-14-3-5-15(6-4-14)7-8-16-9-11-20(18(21)13-16)12-10-17(19)22/h3-9,11,13H,2,10,12H2,1H3,(H2,19,22)/b8-7+. The molecule has 2 N–H and O–H groups in total. The van der Waals surface area contributed by atoms with Crippen molar-refractivity contribution < 1.29 is 0 Å². The van der Waals surface area contributed by atoms with Crippen LogP contribution < -0.4 is 11.3 Å². The van der Waals surface area contributed by atoms with Gasteiger partial charge in [-0.1, -0.05) is 55.6 Å². The molecule has 0 unspecified atom stereocenters. The first-order chi connectivity index (χ1) is 10.6. The van der Waals surface area contributed by atoms with Crippen molar-refractivity contribution in [1.82, 2.24) is 4.57 Å². The minimum Gasteiger partial charge on any atom is -0.393 e. The average molecular weight is 312 g/mol. The number of hydrogen-bond acceptors (Lipinski definition) is 2. The zero-order valence-corrected chi connectivity index (χ0v) is 13.5. The maximum atomic E-state index is 12.0. The Kier molecular flexibility index (Phi) is 5.67. The molecular formula is C18H20N2OS. The maximum Gasteiger partial charge on any atom is 0.251 e. The lowest BCUT2D eigenvalue weighted by molar-refractivity contribution is 0.695. The largest absolute Gasteiger partial charge is 0.393 e. The second kappa shape index (κ2) is 7.71. The lowest BCUT2D eigenvalue weighted by atomic mass is 10.1. The Morgan fingerprint density at radius 2 is 1.86 bits per heavy atom. The predicted molar refractivity (Wildman–Crippen MR) is 96.9 cm³/mol. The van der Waals surface area contributed by atoms with Crippen LogP contribution in [0.4, 0.5) is 0 Å². The molecule has 0 saturated heterocycles. The summed E-state index contributed by atoms with van der Waals surface area (Å²) in [6.45, 7) is 2.66. The van der Waals surface area contributed by atoms with E-state index in [1.165, 1.54) is 5.56 Å². The minimum absolute atomic E-state index is 0.0419. The third-order valence-corrected chi connectivity index (χ3v) is 3.68. The number of thiocarbonyl (C=S) groups is 1. The molecule has 0 atom stereocenters. The van der Waals surface area contributed by atoms with Crippen LogP contribution in [0.1, 0.15) is 30.0 Å². The molecule has 1 aromatic heterocycles. The number of rotatable bonds is 6. The van der Waals surface area contributed by atoms with Crippen LogP contribution >= 0.6 is 12.2 Å². The molecule has 0 spiro atoms. The lowest BCUT2D eigenvalue weighted by Crippen LogP contribution is -2.21. The Morgan fingerprint density at radius 3 is 2.45 bits per heavy atom. The number of aryl methyl sites for hydroxylation is 2. The molecule has 0 radical (unpaired) electrons. The van der Waals surface area contributed by atoms with Crippen molar-refractivity contribution in [1.29, 1.82) is 0 Å². The van der Waals surface area contributed by atoms with Crippen LogP contribution in [0.15, 0.2) is 47.4 Å². The Labute approximate surface area is 136 Å². The Balaban J connectivity index is 2.09. The van der Waals surface area contributed by atoms with Gasteiger partial charge in [-0.05, 0) is 29.2 Å². The van der Waals surface area contributed by atoms with Gasteiger partial charge in [0, 0.05) is 25.2 Å². The average Bonchev–Trinajstić information content (AvgIpc) is 2.52. The van der Waals surface area contributed by atoms with E-state index < -0.39 is 0 Å². The molecule has 0 aliphatic carbocycles. The van der Waals surface area contributed by atoms with Gasteiger partial charge >= 0.3 is 0 Å². The van der Waals surface area contributed by atoms with Crippen LogP contribution in [0.25, 0.3) is 12.2 Å². The summed E-state index contributed by atoms with van der Waals surface area (Å²) in [5, 5.41) is 0. The monoisotopic (exact) mass is 312 g/mol. The zero-order valence-electron chi connectivity index (χ0n) is 12.7. The highest BCUT2D eigenvalue weighted by molar-refractivity contribution is 7.80. The van der Waals surface area contributed by atoms with Gasteiger partial charge in [0.05, 0.1) is 4.99 Å². The van der Waals surface area contributed by atoms with E-state index in [1.807, 2.05) is 18.2 Å². The van der Waals surface area contributed by atoms with Gasteiger partial charge in [-0.3, -0.25) is 4.79 Å². The summed E-state index contributed by atoms with van der Waals surface area (Å²) in [4.78, 5) is 12.4. The molecular weight excluding hydrogens is 292 g/mol. The Bertz CT molecular complexity index is 729. The van der Waals surface area contributed by atoms with Crippen molar-refractivity contribution >= 4 is 29.4 Å². The number of pyridine rings is 1. The zero-order chi connectivity index (χ0) is 15.9. The molecule has 0 aliphatic rings. The van der Waals surface area contributed by atoms with E-state index >= 15 is 0 Å². The van der Waals surface area contributed by atoms with Crippen LogP contribution in [0.3, 0.4) is 0 Å². The number of nitrogens with two attached hydrogens (primary N) is 1. The molecule has 1 aromatic carbocycles. The summed E-state index contributed by atoms with van der Waals surface area (Å²) >= 11 is 4.83. The molecule has 22 heavy (non-hydrogen) atoms. The summed E-state index contributed by atoms with van der Waals surface area (Å²) < 4.78 is 1.62. The summed E-state index contributed by atoms with van der Waals surface area (Å²) in [6.07, 6.45) is 7.30. The van der Waals surface area contributed by atoms with E-state index in [4.69, 9.17) is 18.0 Å². The van der Waals surface area contributed by atoms with Crippen LogP contribution in [0.5, 0.6) is 0 Å². The highest BCUT2D eigenvalue weighted by Crippen LogP contribution is 2.09. The van der Waals surface area contributed by atoms with Crippen LogP contribution in [-0.4, -0.2) is 9.56 Å². The highest BCUT2D eigenvalue weighted by Gasteiger charge is 1.98. The van der Waals surface area contributed by atoms with E-state index in [1.54, 1.807) is 16.8 Å². The van der Waals surface area contributed by atoms with Crippen LogP contribution in [0, 0.1) is 0 Å². The second-order valence-corrected chi connectivity index (χ2v) is 5.66. The molecule has 114 valence electrons. The minimum atomic E-state index is -0.0419. The fraction of sp³-hybridized carbons (Fsp3) is 0.222. The van der Waals surface area contributed by atoms with Crippen molar-refractivity contribution in [3.63, 3.8) is 0 Å². The topological polar surface area (TPSA) is 48.0 Å². The lowest BCUT2D eigenvalue weighted by Gasteiger charge is -2.04. The summed E-state index contributed by atoms with van der Waals surface area (Å²) in [5.41, 5.74) is 8.74. The number of hydrogen-bond donors (Lipinski definition) is 1. The molecule has 0 aliphatic heterocycles. The fourth-order valence-electron chi connectivity index (χ4n) is 2.10. The van der Waals surface area contributed by atoms with Gasteiger partial charge in [0.2, 0.25) is 0 Å². The normalized spacial score (nSPS) is 11.0. The van der Waals surface area contributed by atoms with Crippen LogP contribution in [-0.2, 0) is 13.0 Å². The van der Waals surface area contributed by atoms with E-state index in [-0.39, 0.29) is 5.56 Å². The maximum absolute atomic E-state index is 12.0. The van der Waals surface area contributed by atoms with Crippen molar-refractivity contribution in [2.45, 2.75) is 26.3 Å². The van der Waals surface area contributed by atoms with Gasteiger partial charge < -0.3 is 10.3 Å². The second-order valence-electron chi connectivity index (χ2n) is 5.14. The SMILES string of the molecule is CCc1ccc(/C=C/c2ccn(CCC(N)=S)c(=O)c2)cc1. The Hall–Kier alpha value is -2.20. The molecule has 1 heterocycles. The predicted octanol–water partition coefficient (Wildman–Crippen LogP) is 3.26. The van der Waals surface area contributed by atoms with E-state index in [0.29, 0.717) is 18.0 Å². The smallest absolute Gasteiger partial charge is 0.251 e. The highest BCUT2D eigenvalue weighted by atomic mass is 32.1. The number of nitrogens with zero attached hydrogens (tertiary/aromatic N) is 1. The van der Waals surface area contributed by atoms with Crippen molar-refractivity contribution in [3.05, 3.63) is 69.6 Å². The van der Waals surface area contributed by atoms with Gasteiger partial charge in [0.25, 0.3) is 5.56 Å². The molecule has 0 fully saturated rings. The third kappa shape index (κ3) is 4.67. The summed E-state index contributed by atoms with van der Waals surface area (Å²) in [7, 11) is 0. The Morgan fingerprint density at radius 1 is 1.18 bits per heavy atom. The molecule has 2 aromatic rings. The number of benzene rings is 1. The van der Waals surface area contributed by atoms with Crippen molar-refractivity contribution in [2.75, 3.05) is 0 Å². The summed E-state index contributed by atoms with van der Waals surface area (Å²) in [6, 6.07) is 11.9. The first-order valence-corrected chi connectivity index (χ1v) is 7.75. The number of aromatic nitrogens is 1. The first-order valence-electron chi connectivity index (χ1n) is 7.34. The van der Waals surface area contributed by atoms with E-state index in [2.05, 4.69) is 31.2 Å². The quantitative estimate of drug-likeness (QED) is 0.833. The van der Waals surface area contributed by atoms with Gasteiger partial charge in [0.1, 0.15) is 0 Å². The molecule has 0 saturated carbocycles. The van der Waals surface area contributed by atoms with E-state index in [9.17, 15) is 4.79 Å². The molecule has 4 heteroatoms. The molecule has 0 bridgehead atoms. The van der Waals surface area contributed by atoms with Gasteiger partial charge in [-0.2, -0.15) is 0 Å². The van der Waals surface area contributed by atoms with Crippen LogP contribution in [0.2, 0.25) is 0 Å². The molecule has 3 nitrogen and oxygen atoms in total. The molecule has 0 amide bonds. The van der Waals surface area contributed by atoms with Gasteiger partial charge in [-0.25, -0.2) is 0 Å². The first kappa shape index (κ1) is 16.2. The fourth-order valence-corrected chi connectivity index (χ4v) is 2.19. The van der Waals surface area contributed by atoms with Gasteiger partial charge in [0.15, 0.2) is 0 Å². The van der Waals surface area contributed by atoms with Crippen molar-refractivity contribution in [3.8, 4) is 0 Å². The summed E-state index contributed by atoms with van der Waals surface area (Å²) in [5.74, 6) is 0. The van der Waals surface area contributed by atoms with Crippen molar-refractivity contribution in [2.24, 2.45) is 5.73 Å². The van der Waals surface area contributed by atoms with Gasteiger partial charge in [-0.15, -0.1) is 0 Å². The third-order valence-electron chi connectivity index (χ3n) is 3.48. The van der Waals surface area contributed by atoms with E-state index in [0.717, 1.165) is 17.5 Å². The molecule has 2 rings (SSSR count).